The molecule has 1 heterocycles. The summed E-state index contributed by atoms with van der Waals surface area (Å²) < 4.78 is 40.1. The molecule has 0 fully saturated rings. The van der Waals surface area contributed by atoms with E-state index in [1.807, 2.05) is 0 Å². The SMILES string of the molecule is NCc1cc(S(=O)(=O)NCc2cncs2)cc(F)c1Cl. The van der Waals surface area contributed by atoms with Crippen LogP contribution in [-0.2, 0) is 23.1 Å². The molecular weight excluding hydrogens is 325 g/mol. The molecule has 9 heteroatoms. The van der Waals surface area contributed by atoms with Crippen molar-refractivity contribution in [2.24, 2.45) is 5.73 Å². The zero-order valence-corrected chi connectivity index (χ0v) is 12.5. The van der Waals surface area contributed by atoms with E-state index >= 15 is 0 Å². The van der Waals surface area contributed by atoms with Crippen LogP contribution in [0.1, 0.15) is 10.4 Å². The van der Waals surface area contributed by atoms with Crippen molar-refractivity contribution in [2.75, 3.05) is 0 Å². The predicted octanol–water partition coefficient (Wildman–Crippen LogP) is 1.87. The summed E-state index contributed by atoms with van der Waals surface area (Å²) in [5, 5.41) is -0.158. The summed E-state index contributed by atoms with van der Waals surface area (Å²) in [6.45, 7) is 0.0448. The lowest BCUT2D eigenvalue weighted by Gasteiger charge is -2.09. The van der Waals surface area contributed by atoms with Crippen molar-refractivity contribution in [3.63, 3.8) is 0 Å². The summed E-state index contributed by atoms with van der Waals surface area (Å²) in [7, 11) is -3.83. The third kappa shape index (κ3) is 3.33. The lowest BCUT2D eigenvalue weighted by Crippen LogP contribution is -2.23. The first kappa shape index (κ1) is 15.3. The largest absolute Gasteiger partial charge is 0.326 e. The molecule has 0 saturated carbocycles. The van der Waals surface area contributed by atoms with Gasteiger partial charge in [0.1, 0.15) is 5.82 Å². The first-order chi connectivity index (χ1) is 9.44. The fourth-order valence-electron chi connectivity index (χ4n) is 1.50. The smallest absolute Gasteiger partial charge is 0.241 e. The normalized spacial score (nSPS) is 11.8. The number of hydrogen-bond donors (Lipinski definition) is 2. The molecule has 0 spiro atoms. The molecule has 1 aromatic carbocycles. The maximum absolute atomic E-state index is 13.6. The van der Waals surface area contributed by atoms with Crippen LogP contribution < -0.4 is 10.5 Å². The van der Waals surface area contributed by atoms with Gasteiger partial charge in [-0.15, -0.1) is 11.3 Å². The molecule has 0 aliphatic heterocycles. The van der Waals surface area contributed by atoms with E-state index < -0.39 is 15.8 Å². The molecule has 2 aromatic rings. The number of aromatic nitrogens is 1. The highest BCUT2D eigenvalue weighted by molar-refractivity contribution is 7.89. The predicted molar refractivity (Wildman–Crippen MR) is 75.4 cm³/mol. The van der Waals surface area contributed by atoms with Crippen LogP contribution in [-0.4, -0.2) is 13.4 Å². The van der Waals surface area contributed by atoms with E-state index in [0.717, 1.165) is 10.9 Å². The van der Waals surface area contributed by atoms with E-state index in [1.165, 1.54) is 17.4 Å². The van der Waals surface area contributed by atoms with Crippen molar-refractivity contribution in [1.29, 1.82) is 0 Å². The van der Waals surface area contributed by atoms with Crippen molar-refractivity contribution in [1.82, 2.24) is 9.71 Å². The quantitative estimate of drug-likeness (QED) is 0.873. The van der Waals surface area contributed by atoms with Gasteiger partial charge in [0.2, 0.25) is 10.0 Å². The zero-order chi connectivity index (χ0) is 14.8. The van der Waals surface area contributed by atoms with E-state index in [0.29, 0.717) is 0 Å². The second kappa shape index (κ2) is 6.15. The molecule has 5 nitrogen and oxygen atoms in total. The lowest BCUT2D eigenvalue weighted by atomic mass is 10.2. The molecule has 0 saturated heterocycles. The highest BCUT2D eigenvalue weighted by Crippen LogP contribution is 2.24. The maximum atomic E-state index is 13.6. The monoisotopic (exact) mass is 335 g/mol. The van der Waals surface area contributed by atoms with Gasteiger partial charge in [-0.1, -0.05) is 11.6 Å². The van der Waals surface area contributed by atoms with E-state index in [2.05, 4.69) is 9.71 Å². The summed E-state index contributed by atoms with van der Waals surface area (Å²) >= 11 is 7.02. The Hall–Kier alpha value is -1.06. The van der Waals surface area contributed by atoms with Crippen LogP contribution in [0, 0.1) is 5.82 Å². The van der Waals surface area contributed by atoms with E-state index in [9.17, 15) is 12.8 Å². The minimum Gasteiger partial charge on any atom is -0.326 e. The Morgan fingerprint density at radius 1 is 1.45 bits per heavy atom. The van der Waals surface area contributed by atoms with Gasteiger partial charge in [-0.25, -0.2) is 17.5 Å². The van der Waals surface area contributed by atoms with Crippen LogP contribution in [0.15, 0.2) is 28.7 Å². The lowest BCUT2D eigenvalue weighted by molar-refractivity contribution is 0.577. The highest BCUT2D eigenvalue weighted by atomic mass is 35.5. The average molecular weight is 336 g/mol. The van der Waals surface area contributed by atoms with Gasteiger partial charge in [-0.2, -0.15) is 0 Å². The second-order valence-electron chi connectivity index (χ2n) is 3.87. The maximum Gasteiger partial charge on any atom is 0.241 e. The van der Waals surface area contributed by atoms with Gasteiger partial charge in [0, 0.05) is 24.2 Å². The molecule has 0 atom stereocenters. The average Bonchev–Trinajstić information content (AvgIpc) is 2.92. The highest BCUT2D eigenvalue weighted by Gasteiger charge is 2.18. The molecule has 0 bridgehead atoms. The Morgan fingerprint density at radius 2 is 2.20 bits per heavy atom. The van der Waals surface area contributed by atoms with E-state index in [1.54, 1.807) is 11.7 Å². The van der Waals surface area contributed by atoms with E-state index in [4.69, 9.17) is 17.3 Å². The van der Waals surface area contributed by atoms with Crippen molar-refractivity contribution in [3.8, 4) is 0 Å². The molecular formula is C11H11ClFN3O2S2. The first-order valence-corrected chi connectivity index (χ1v) is 8.23. The molecule has 20 heavy (non-hydrogen) atoms. The molecule has 1 aromatic heterocycles. The van der Waals surface area contributed by atoms with Gasteiger partial charge >= 0.3 is 0 Å². The van der Waals surface area contributed by atoms with Crippen LogP contribution in [0.3, 0.4) is 0 Å². The molecule has 0 unspecified atom stereocenters. The number of halogens is 2. The molecule has 0 radical (unpaired) electrons. The number of nitrogens with zero attached hydrogens (tertiary/aromatic N) is 1. The summed E-state index contributed by atoms with van der Waals surface area (Å²) in [4.78, 5) is 4.39. The Morgan fingerprint density at radius 3 is 2.80 bits per heavy atom. The molecule has 0 aliphatic carbocycles. The van der Waals surface area contributed by atoms with Gasteiger partial charge in [-0.3, -0.25) is 4.98 Å². The first-order valence-electron chi connectivity index (χ1n) is 5.49. The summed E-state index contributed by atoms with van der Waals surface area (Å²) in [5.74, 6) is -0.812. The van der Waals surface area contributed by atoms with Gasteiger partial charge < -0.3 is 5.73 Å². The van der Waals surface area contributed by atoms with Crippen LogP contribution in [0.4, 0.5) is 4.39 Å². The number of benzene rings is 1. The molecule has 108 valence electrons. The van der Waals surface area contributed by atoms with Crippen LogP contribution in [0.2, 0.25) is 5.02 Å². The van der Waals surface area contributed by atoms with Crippen LogP contribution >= 0.6 is 22.9 Å². The van der Waals surface area contributed by atoms with Gasteiger partial charge in [0.25, 0.3) is 0 Å². The van der Waals surface area contributed by atoms with Crippen LogP contribution in [0.5, 0.6) is 0 Å². The minimum atomic E-state index is -3.83. The van der Waals surface area contributed by atoms with Gasteiger partial charge in [0.15, 0.2) is 0 Å². The van der Waals surface area contributed by atoms with Crippen molar-refractivity contribution in [2.45, 2.75) is 18.0 Å². The number of nitrogens with one attached hydrogen (secondary N) is 1. The summed E-state index contributed by atoms with van der Waals surface area (Å²) in [6, 6.07) is 2.14. The third-order valence-electron chi connectivity index (χ3n) is 2.53. The topological polar surface area (TPSA) is 85.1 Å². The van der Waals surface area contributed by atoms with Gasteiger partial charge in [0.05, 0.1) is 15.4 Å². The second-order valence-corrected chi connectivity index (χ2v) is 6.99. The van der Waals surface area contributed by atoms with Gasteiger partial charge in [-0.05, 0) is 17.7 Å². The standard InChI is InChI=1S/C11H11ClFN3O2S2/c12-11-7(3-14)1-9(2-10(11)13)20(17,18)16-5-8-4-15-6-19-8/h1-2,4,6,16H,3,5,14H2. The minimum absolute atomic E-state index is 0.0477. The fraction of sp³-hybridized carbons (Fsp3) is 0.182. The molecule has 0 amide bonds. The number of nitrogens with two attached hydrogens (primary N) is 1. The van der Waals surface area contributed by atoms with Crippen molar-refractivity contribution >= 4 is 33.0 Å². The Labute approximate surface area is 124 Å². The number of rotatable bonds is 5. The number of sulfonamides is 1. The van der Waals surface area contributed by atoms with Crippen molar-refractivity contribution < 1.29 is 12.8 Å². The summed E-state index contributed by atoms with van der Waals surface area (Å²) in [5.41, 5.74) is 7.25. The number of hydrogen-bond acceptors (Lipinski definition) is 5. The molecule has 0 aliphatic rings. The van der Waals surface area contributed by atoms with Crippen molar-refractivity contribution in [3.05, 3.63) is 45.1 Å². The molecule has 3 N–H and O–H groups in total. The Kier molecular flexibility index (Phi) is 4.71. The Bertz CT molecular complexity index is 705. The molecule has 2 rings (SSSR count). The Balaban J connectivity index is 2.27. The number of thiazole rings is 1. The summed E-state index contributed by atoms with van der Waals surface area (Å²) in [6.07, 6.45) is 1.56. The zero-order valence-electron chi connectivity index (χ0n) is 10.1. The fourth-order valence-corrected chi connectivity index (χ4v) is 3.38. The third-order valence-corrected chi connectivity index (χ3v) is 5.11. The van der Waals surface area contributed by atoms with Crippen LogP contribution in [0.25, 0.3) is 0 Å². The van der Waals surface area contributed by atoms with E-state index in [-0.39, 0.29) is 28.6 Å².